The van der Waals surface area contributed by atoms with Crippen LogP contribution < -0.4 is 0 Å². The third-order valence-corrected chi connectivity index (χ3v) is 6.77. The molecule has 26 heavy (non-hydrogen) atoms. The van der Waals surface area contributed by atoms with E-state index >= 15 is 0 Å². The van der Waals surface area contributed by atoms with Gasteiger partial charge < -0.3 is 5.11 Å². The van der Waals surface area contributed by atoms with Crippen LogP contribution in [-0.4, -0.2) is 46.9 Å². The second-order valence-corrected chi connectivity index (χ2v) is 8.82. The van der Waals surface area contributed by atoms with E-state index in [4.69, 9.17) is 0 Å². The van der Waals surface area contributed by atoms with Crippen LogP contribution in [0.4, 0.5) is 0 Å². The molecule has 1 N–H and O–H groups in total. The predicted octanol–water partition coefficient (Wildman–Crippen LogP) is 3.55. The summed E-state index contributed by atoms with van der Waals surface area (Å²) < 4.78 is 0. The number of nitrogens with zero attached hydrogens (tertiary/aromatic N) is 2. The predicted molar refractivity (Wildman–Crippen MR) is 102 cm³/mol. The van der Waals surface area contributed by atoms with Gasteiger partial charge in [0, 0.05) is 31.7 Å². The molecule has 6 rings (SSSR count). The fourth-order valence-corrected chi connectivity index (χ4v) is 6.06. The zero-order chi connectivity index (χ0) is 18.1. The van der Waals surface area contributed by atoms with Gasteiger partial charge in [-0.3, -0.25) is 14.6 Å². The number of ketones is 1. The minimum atomic E-state index is -0.275. The topological polar surface area (TPSA) is 43.8 Å². The van der Waals surface area contributed by atoms with Gasteiger partial charge in [-0.05, 0) is 23.3 Å². The molecule has 0 radical (unpaired) electrons. The number of hydrogen-bond acceptors (Lipinski definition) is 4. The van der Waals surface area contributed by atoms with Crippen LogP contribution in [-0.2, 0) is 4.79 Å². The molecule has 4 aliphatic rings. The van der Waals surface area contributed by atoms with Crippen LogP contribution in [0, 0.1) is 10.8 Å². The molecule has 0 aliphatic carbocycles. The summed E-state index contributed by atoms with van der Waals surface area (Å²) in [6.45, 7) is 7.53. The van der Waals surface area contributed by atoms with Crippen molar-refractivity contribution in [2.45, 2.75) is 32.9 Å². The van der Waals surface area contributed by atoms with E-state index in [9.17, 15) is 9.90 Å². The van der Waals surface area contributed by atoms with Gasteiger partial charge in [-0.1, -0.05) is 50.6 Å². The normalized spacial score (nSPS) is 38.2. The van der Waals surface area contributed by atoms with Crippen molar-refractivity contribution in [3.05, 3.63) is 42.0 Å². The number of carbonyl (C=O) groups is 1. The number of rotatable bonds is 3. The van der Waals surface area contributed by atoms with E-state index in [0.717, 1.165) is 55.4 Å². The molecule has 4 fully saturated rings. The molecule has 0 aromatic heterocycles. The molecular weight excluding hydrogens is 324 g/mol. The third-order valence-electron chi connectivity index (χ3n) is 6.77. The Morgan fingerprint density at radius 1 is 1.08 bits per heavy atom. The monoisotopic (exact) mass is 350 g/mol. The molecule has 4 heteroatoms. The molecule has 2 aromatic carbocycles. The molecule has 2 aromatic rings. The number of benzene rings is 2. The summed E-state index contributed by atoms with van der Waals surface area (Å²) >= 11 is 0. The highest BCUT2D eigenvalue weighted by Crippen LogP contribution is 2.55. The van der Waals surface area contributed by atoms with E-state index in [1.807, 2.05) is 24.3 Å². The molecule has 4 bridgehead atoms. The van der Waals surface area contributed by atoms with E-state index in [0.29, 0.717) is 11.5 Å². The summed E-state index contributed by atoms with van der Waals surface area (Å²) in [6, 6.07) is 12.1. The first-order valence-electron chi connectivity index (χ1n) is 9.71. The lowest BCUT2D eigenvalue weighted by Crippen LogP contribution is -2.76. The highest BCUT2D eigenvalue weighted by atomic mass is 16.3. The second kappa shape index (κ2) is 5.30. The van der Waals surface area contributed by atoms with E-state index in [1.165, 1.54) is 0 Å². The van der Waals surface area contributed by atoms with Gasteiger partial charge in [0.15, 0.2) is 0 Å². The van der Waals surface area contributed by atoms with Crippen molar-refractivity contribution in [1.82, 2.24) is 9.80 Å². The number of piperidine rings is 2. The minimum absolute atomic E-state index is 0.0623. The van der Waals surface area contributed by atoms with Crippen LogP contribution in [0.25, 0.3) is 10.8 Å². The number of carbonyl (C=O) groups excluding carboxylic acids is 1. The largest absolute Gasteiger partial charge is 0.508 e. The maximum absolute atomic E-state index is 13.2. The Labute approximate surface area is 154 Å². The Kier molecular flexibility index (Phi) is 3.32. The van der Waals surface area contributed by atoms with E-state index in [-0.39, 0.29) is 17.0 Å². The number of phenolic OH excluding ortho intramolecular Hbond substituents is 1. The smallest absolute Gasteiger partial charge is 0.150 e. The number of aromatic hydroxyl groups is 1. The molecule has 0 amide bonds. The molecular formula is C22H26N2O2. The van der Waals surface area contributed by atoms with Crippen molar-refractivity contribution >= 4 is 16.6 Å². The summed E-state index contributed by atoms with van der Waals surface area (Å²) in [5.41, 5.74) is 0.503. The molecule has 2 unspecified atom stereocenters. The van der Waals surface area contributed by atoms with Gasteiger partial charge in [0.05, 0.1) is 17.0 Å². The number of phenols is 1. The second-order valence-electron chi connectivity index (χ2n) is 8.82. The SMILES string of the molecule is CCCC12CN3CC(C)(CN(C1)C3c1c(O)ccc3ccccc13)C2=O. The molecule has 0 spiro atoms. The first kappa shape index (κ1) is 16.3. The Balaban J connectivity index is 1.65. The van der Waals surface area contributed by atoms with Crippen LogP contribution in [0.5, 0.6) is 5.75 Å². The number of Topliss-reactive ketones (excluding diaryl/α,β-unsaturated/α-hetero) is 1. The first-order valence-corrected chi connectivity index (χ1v) is 9.71. The lowest BCUT2D eigenvalue weighted by molar-refractivity contribution is -0.201. The zero-order valence-corrected chi connectivity index (χ0v) is 15.5. The van der Waals surface area contributed by atoms with Gasteiger partial charge >= 0.3 is 0 Å². The molecule has 136 valence electrons. The first-order chi connectivity index (χ1) is 12.5. The van der Waals surface area contributed by atoms with E-state index in [1.54, 1.807) is 0 Å². The summed E-state index contributed by atoms with van der Waals surface area (Å²) in [7, 11) is 0. The Morgan fingerprint density at radius 3 is 2.46 bits per heavy atom. The van der Waals surface area contributed by atoms with E-state index in [2.05, 4.69) is 35.8 Å². The van der Waals surface area contributed by atoms with Gasteiger partial charge in [-0.15, -0.1) is 0 Å². The van der Waals surface area contributed by atoms with Gasteiger partial charge in [0.2, 0.25) is 0 Å². The summed E-state index contributed by atoms with van der Waals surface area (Å²) in [6.07, 6.45) is 2.06. The van der Waals surface area contributed by atoms with Crippen molar-refractivity contribution in [1.29, 1.82) is 0 Å². The average molecular weight is 350 g/mol. The van der Waals surface area contributed by atoms with Crippen molar-refractivity contribution in [2.24, 2.45) is 10.8 Å². The van der Waals surface area contributed by atoms with E-state index < -0.39 is 0 Å². The Hall–Kier alpha value is -1.91. The summed E-state index contributed by atoms with van der Waals surface area (Å²) in [4.78, 5) is 18.1. The van der Waals surface area contributed by atoms with Gasteiger partial charge in [-0.25, -0.2) is 0 Å². The van der Waals surface area contributed by atoms with Gasteiger partial charge in [0.25, 0.3) is 0 Å². The van der Waals surface area contributed by atoms with Crippen molar-refractivity contribution < 1.29 is 9.90 Å². The molecule has 4 heterocycles. The maximum Gasteiger partial charge on any atom is 0.150 e. The molecule has 2 atom stereocenters. The fourth-order valence-electron chi connectivity index (χ4n) is 6.06. The van der Waals surface area contributed by atoms with Crippen molar-refractivity contribution in [2.75, 3.05) is 26.2 Å². The third kappa shape index (κ3) is 2.00. The average Bonchev–Trinajstić information content (AvgIpc) is 2.60. The lowest BCUT2D eigenvalue weighted by Gasteiger charge is -2.65. The standard InChI is InChI=1S/C22H26N2O2/c1-3-10-22-13-23-11-21(2,20(22)26)12-24(14-22)19(23)18-16-7-5-4-6-15(16)8-9-17(18)25/h4-9,19,25H,3,10-14H2,1-2H3. The van der Waals surface area contributed by atoms with Gasteiger partial charge in [0.1, 0.15) is 11.5 Å². The van der Waals surface area contributed by atoms with Crippen LogP contribution in [0.1, 0.15) is 38.4 Å². The molecule has 4 saturated heterocycles. The highest BCUT2D eigenvalue weighted by molar-refractivity contribution is 5.93. The Bertz CT molecular complexity index is 890. The van der Waals surface area contributed by atoms with Crippen molar-refractivity contribution in [3.63, 3.8) is 0 Å². The van der Waals surface area contributed by atoms with Crippen LogP contribution in [0.2, 0.25) is 0 Å². The summed E-state index contributed by atoms with van der Waals surface area (Å²) in [5, 5.41) is 13.0. The number of fused-ring (bicyclic) bond motifs is 1. The molecule has 0 saturated carbocycles. The minimum Gasteiger partial charge on any atom is -0.508 e. The Morgan fingerprint density at radius 2 is 1.77 bits per heavy atom. The maximum atomic E-state index is 13.2. The zero-order valence-electron chi connectivity index (χ0n) is 15.5. The number of hydrogen-bond donors (Lipinski definition) is 1. The van der Waals surface area contributed by atoms with Gasteiger partial charge in [-0.2, -0.15) is 0 Å². The molecule has 4 aliphatic heterocycles. The summed E-state index contributed by atoms with van der Waals surface area (Å²) in [5.74, 6) is 0.835. The van der Waals surface area contributed by atoms with Crippen LogP contribution >= 0.6 is 0 Å². The fraction of sp³-hybridized carbons (Fsp3) is 0.500. The van der Waals surface area contributed by atoms with Crippen LogP contribution in [0.15, 0.2) is 36.4 Å². The lowest BCUT2D eigenvalue weighted by atomic mass is 9.59. The quantitative estimate of drug-likeness (QED) is 0.919. The molecule has 4 nitrogen and oxygen atoms in total. The van der Waals surface area contributed by atoms with Crippen LogP contribution in [0.3, 0.4) is 0 Å². The highest BCUT2D eigenvalue weighted by Gasteiger charge is 2.63. The van der Waals surface area contributed by atoms with Crippen molar-refractivity contribution in [3.8, 4) is 5.75 Å².